The van der Waals surface area contributed by atoms with Crippen LogP contribution in [0.4, 0.5) is 0 Å². The van der Waals surface area contributed by atoms with E-state index in [9.17, 15) is 13.2 Å². The van der Waals surface area contributed by atoms with Gasteiger partial charge in [0.05, 0.1) is 11.5 Å². The van der Waals surface area contributed by atoms with E-state index in [-0.39, 0.29) is 23.5 Å². The lowest BCUT2D eigenvalue weighted by atomic mass is 10.0. The molecule has 2 aromatic rings. The molecule has 0 aliphatic carbocycles. The topological polar surface area (TPSA) is 107 Å². The monoisotopic (exact) mass is 349 g/mol. The van der Waals surface area contributed by atoms with Crippen molar-refractivity contribution in [3.05, 3.63) is 41.7 Å². The molecule has 1 aromatic heterocycles. The Morgan fingerprint density at radius 2 is 1.92 bits per heavy atom. The number of tetrazole rings is 1. The molecule has 0 saturated carbocycles. The Balaban J connectivity index is 1.81. The van der Waals surface area contributed by atoms with Gasteiger partial charge in [-0.2, -0.15) is 0 Å². The summed E-state index contributed by atoms with van der Waals surface area (Å²) in [5, 5.41) is 14.4. The molecule has 24 heavy (non-hydrogen) atoms. The molecule has 1 N–H and O–H groups in total. The first-order valence-corrected chi connectivity index (χ1v) is 9.58. The predicted octanol–water partition coefficient (Wildman–Crippen LogP) is 0.264. The standard InChI is InChI=1S/C15H19N5O3S/c1-11-17-18-19-20(11)14(12-5-3-2-4-6-12)15(21)16-13-7-9-24(22,23)10-8-13/h2-6,13-14H,7-10H2,1H3,(H,16,21)/t14-/m0/s1. The summed E-state index contributed by atoms with van der Waals surface area (Å²) in [4.78, 5) is 12.8. The highest BCUT2D eigenvalue weighted by Gasteiger charge is 2.30. The molecule has 0 spiro atoms. The molecule has 9 heteroatoms. The van der Waals surface area contributed by atoms with E-state index in [4.69, 9.17) is 0 Å². The van der Waals surface area contributed by atoms with Crippen molar-refractivity contribution in [1.82, 2.24) is 25.5 Å². The van der Waals surface area contributed by atoms with Crippen molar-refractivity contribution < 1.29 is 13.2 Å². The van der Waals surface area contributed by atoms with Gasteiger partial charge in [0.25, 0.3) is 0 Å². The summed E-state index contributed by atoms with van der Waals surface area (Å²) in [6.45, 7) is 1.73. The second kappa shape index (κ2) is 6.68. The average Bonchev–Trinajstić information content (AvgIpc) is 2.97. The lowest BCUT2D eigenvalue weighted by Crippen LogP contribution is -2.44. The summed E-state index contributed by atoms with van der Waals surface area (Å²) in [5.41, 5.74) is 0.772. The van der Waals surface area contributed by atoms with Crippen LogP contribution in [0.15, 0.2) is 30.3 Å². The second-order valence-corrected chi connectivity index (χ2v) is 8.22. The third kappa shape index (κ3) is 3.61. The second-order valence-electron chi connectivity index (χ2n) is 5.92. The zero-order valence-electron chi connectivity index (χ0n) is 13.3. The summed E-state index contributed by atoms with van der Waals surface area (Å²) >= 11 is 0. The number of nitrogens with one attached hydrogen (secondary N) is 1. The van der Waals surface area contributed by atoms with E-state index in [0.717, 1.165) is 5.56 Å². The Labute approximate surface area is 140 Å². The van der Waals surface area contributed by atoms with Crippen LogP contribution in [0, 0.1) is 6.92 Å². The van der Waals surface area contributed by atoms with Crippen molar-refractivity contribution in [3.63, 3.8) is 0 Å². The minimum Gasteiger partial charge on any atom is -0.351 e. The van der Waals surface area contributed by atoms with Gasteiger partial charge >= 0.3 is 0 Å². The van der Waals surface area contributed by atoms with Crippen LogP contribution in [-0.4, -0.2) is 52.1 Å². The molecule has 0 radical (unpaired) electrons. The van der Waals surface area contributed by atoms with Crippen LogP contribution >= 0.6 is 0 Å². The maximum absolute atomic E-state index is 12.8. The van der Waals surface area contributed by atoms with Crippen LogP contribution in [0.25, 0.3) is 0 Å². The van der Waals surface area contributed by atoms with Crippen molar-refractivity contribution in [1.29, 1.82) is 0 Å². The molecule has 0 bridgehead atoms. The third-order valence-electron chi connectivity index (χ3n) is 4.17. The van der Waals surface area contributed by atoms with Crippen LogP contribution < -0.4 is 5.32 Å². The van der Waals surface area contributed by atoms with Gasteiger partial charge in [0.2, 0.25) is 5.91 Å². The number of sulfone groups is 1. The van der Waals surface area contributed by atoms with Crippen LogP contribution in [-0.2, 0) is 14.6 Å². The Morgan fingerprint density at radius 3 is 2.50 bits per heavy atom. The largest absolute Gasteiger partial charge is 0.351 e. The van der Waals surface area contributed by atoms with Gasteiger partial charge in [0.1, 0.15) is 15.7 Å². The van der Waals surface area contributed by atoms with Gasteiger partial charge in [-0.15, -0.1) is 5.10 Å². The van der Waals surface area contributed by atoms with Gasteiger partial charge in [-0.05, 0) is 35.8 Å². The molecule has 8 nitrogen and oxygen atoms in total. The van der Waals surface area contributed by atoms with Gasteiger partial charge in [0.15, 0.2) is 6.04 Å². The molecular weight excluding hydrogens is 330 g/mol. The molecule has 0 unspecified atom stereocenters. The van der Waals surface area contributed by atoms with Crippen molar-refractivity contribution >= 4 is 15.7 Å². The minimum atomic E-state index is -2.96. The van der Waals surface area contributed by atoms with Crippen molar-refractivity contribution in [2.75, 3.05) is 11.5 Å². The number of aromatic nitrogens is 4. The molecule has 1 fully saturated rings. The molecule has 2 heterocycles. The number of amides is 1. The lowest BCUT2D eigenvalue weighted by Gasteiger charge is -2.26. The van der Waals surface area contributed by atoms with Gasteiger partial charge in [-0.25, -0.2) is 13.1 Å². The summed E-state index contributed by atoms with van der Waals surface area (Å²) in [6.07, 6.45) is 0.869. The van der Waals surface area contributed by atoms with E-state index in [2.05, 4.69) is 20.8 Å². The molecule has 1 saturated heterocycles. The summed E-state index contributed by atoms with van der Waals surface area (Å²) < 4.78 is 24.5. The van der Waals surface area contributed by atoms with Crippen LogP contribution in [0.1, 0.15) is 30.3 Å². The number of aryl methyl sites for hydroxylation is 1. The lowest BCUT2D eigenvalue weighted by molar-refractivity contribution is -0.124. The number of nitrogens with zero attached hydrogens (tertiary/aromatic N) is 4. The molecule has 128 valence electrons. The number of carbonyl (C=O) groups is 1. The maximum Gasteiger partial charge on any atom is 0.249 e. The summed E-state index contributed by atoms with van der Waals surface area (Å²) in [5.74, 6) is 0.515. The molecule has 1 amide bonds. The molecular formula is C15H19N5O3S. The molecule has 1 aliphatic rings. The van der Waals surface area contributed by atoms with Crippen molar-refractivity contribution in [2.45, 2.75) is 31.8 Å². The minimum absolute atomic E-state index is 0.109. The molecule has 1 atom stereocenters. The smallest absolute Gasteiger partial charge is 0.249 e. The predicted molar refractivity (Wildman–Crippen MR) is 87.0 cm³/mol. The summed E-state index contributed by atoms with van der Waals surface area (Å²) in [6, 6.07) is 8.43. The fraction of sp³-hybridized carbons (Fsp3) is 0.467. The summed E-state index contributed by atoms with van der Waals surface area (Å²) in [7, 11) is -2.96. The van der Waals surface area contributed by atoms with Crippen LogP contribution in [0.2, 0.25) is 0 Å². The fourth-order valence-electron chi connectivity index (χ4n) is 2.83. The first-order valence-electron chi connectivity index (χ1n) is 7.76. The number of rotatable bonds is 4. The quantitative estimate of drug-likeness (QED) is 0.849. The van der Waals surface area contributed by atoms with E-state index in [1.165, 1.54) is 4.68 Å². The Morgan fingerprint density at radius 1 is 1.25 bits per heavy atom. The van der Waals surface area contributed by atoms with Crippen molar-refractivity contribution in [2.24, 2.45) is 0 Å². The zero-order valence-corrected chi connectivity index (χ0v) is 14.1. The first kappa shape index (κ1) is 16.6. The van der Waals surface area contributed by atoms with E-state index in [1.54, 1.807) is 6.92 Å². The number of benzene rings is 1. The molecule has 3 rings (SSSR count). The SMILES string of the molecule is Cc1nnnn1[C@H](C(=O)NC1CCS(=O)(=O)CC1)c1ccccc1. The van der Waals surface area contributed by atoms with Gasteiger partial charge in [-0.3, -0.25) is 4.79 Å². The molecule has 1 aliphatic heterocycles. The maximum atomic E-state index is 12.8. The Hall–Kier alpha value is -2.29. The zero-order chi connectivity index (χ0) is 17.2. The highest BCUT2D eigenvalue weighted by atomic mass is 32.2. The van der Waals surface area contributed by atoms with Gasteiger partial charge in [-0.1, -0.05) is 30.3 Å². The van der Waals surface area contributed by atoms with E-state index in [0.29, 0.717) is 18.7 Å². The van der Waals surface area contributed by atoms with Crippen molar-refractivity contribution in [3.8, 4) is 0 Å². The number of hydrogen-bond donors (Lipinski definition) is 1. The van der Waals surface area contributed by atoms with Gasteiger partial charge in [0, 0.05) is 6.04 Å². The molecule has 1 aromatic carbocycles. The highest BCUT2D eigenvalue weighted by Crippen LogP contribution is 2.20. The van der Waals surface area contributed by atoms with E-state index in [1.807, 2.05) is 30.3 Å². The Bertz CT molecular complexity index is 805. The fourth-order valence-corrected chi connectivity index (χ4v) is 4.32. The van der Waals surface area contributed by atoms with E-state index >= 15 is 0 Å². The van der Waals surface area contributed by atoms with E-state index < -0.39 is 15.9 Å². The normalized spacial score (nSPS) is 18.9. The highest BCUT2D eigenvalue weighted by molar-refractivity contribution is 7.91. The average molecular weight is 349 g/mol. The Kier molecular flexibility index (Phi) is 4.61. The third-order valence-corrected chi connectivity index (χ3v) is 5.88. The number of carbonyl (C=O) groups excluding carboxylic acids is 1. The van der Waals surface area contributed by atoms with Gasteiger partial charge < -0.3 is 5.32 Å². The van der Waals surface area contributed by atoms with Crippen LogP contribution in [0.5, 0.6) is 0 Å². The first-order chi connectivity index (χ1) is 11.5. The van der Waals surface area contributed by atoms with Crippen LogP contribution in [0.3, 0.4) is 0 Å². The number of hydrogen-bond acceptors (Lipinski definition) is 6.